The van der Waals surface area contributed by atoms with Gasteiger partial charge in [0, 0.05) is 11.6 Å². The second-order valence-electron chi connectivity index (χ2n) is 4.98. The van der Waals surface area contributed by atoms with Gasteiger partial charge in [-0.25, -0.2) is 0 Å². The molecule has 0 bridgehead atoms. The topological polar surface area (TPSA) is 60.5 Å². The molecule has 6 heteroatoms. The molecule has 0 aliphatic carbocycles. The van der Waals surface area contributed by atoms with Crippen molar-refractivity contribution in [1.82, 2.24) is 4.98 Å². The molecule has 0 saturated heterocycles. The third-order valence-electron chi connectivity index (χ3n) is 3.42. The highest BCUT2D eigenvalue weighted by atomic mass is 35.5. The molecule has 2 aromatic carbocycles. The zero-order chi connectivity index (χ0) is 16.9. The maximum atomic E-state index is 12.2. The molecule has 0 radical (unpaired) electrons. The number of carbonyl (C=O) groups excluding carboxylic acids is 1. The molecule has 24 heavy (non-hydrogen) atoms. The van der Waals surface area contributed by atoms with E-state index >= 15 is 0 Å². The fourth-order valence-corrected chi connectivity index (χ4v) is 2.52. The third kappa shape index (κ3) is 3.41. The molecule has 5 nitrogen and oxygen atoms in total. The summed E-state index contributed by atoms with van der Waals surface area (Å²) in [7, 11) is 1.55. The maximum absolute atomic E-state index is 12.2. The molecule has 0 aliphatic rings. The first-order valence-corrected chi connectivity index (χ1v) is 7.65. The first kappa shape index (κ1) is 16.1. The van der Waals surface area contributed by atoms with Gasteiger partial charge in [-0.2, -0.15) is 0 Å². The highest BCUT2D eigenvalue weighted by Crippen LogP contribution is 2.28. The fourth-order valence-electron chi connectivity index (χ4n) is 2.31. The number of fused-ring (bicyclic) bond motifs is 1. The molecular formula is C18H15ClN2O3. The van der Waals surface area contributed by atoms with Crippen molar-refractivity contribution >= 4 is 34.1 Å². The lowest BCUT2D eigenvalue weighted by Gasteiger charge is -2.11. The zero-order valence-corrected chi connectivity index (χ0v) is 13.7. The van der Waals surface area contributed by atoms with Gasteiger partial charge in [-0.1, -0.05) is 23.7 Å². The van der Waals surface area contributed by atoms with Crippen molar-refractivity contribution in [3.05, 3.63) is 59.8 Å². The lowest BCUT2D eigenvalue weighted by molar-refractivity contribution is -0.118. The predicted octanol–water partition coefficient (Wildman–Crippen LogP) is 3.91. The minimum Gasteiger partial charge on any atom is -0.493 e. The van der Waals surface area contributed by atoms with Crippen LogP contribution in [0.3, 0.4) is 0 Å². The molecule has 1 aromatic heterocycles. The van der Waals surface area contributed by atoms with Gasteiger partial charge in [-0.15, -0.1) is 0 Å². The van der Waals surface area contributed by atoms with Crippen molar-refractivity contribution in [2.24, 2.45) is 0 Å². The van der Waals surface area contributed by atoms with Crippen LogP contribution in [0.15, 0.2) is 54.7 Å². The fraction of sp³-hybridized carbons (Fsp3) is 0.111. The van der Waals surface area contributed by atoms with E-state index in [1.54, 1.807) is 43.6 Å². The van der Waals surface area contributed by atoms with Crippen molar-refractivity contribution in [2.45, 2.75) is 0 Å². The summed E-state index contributed by atoms with van der Waals surface area (Å²) in [5.74, 6) is 0.785. The Morgan fingerprint density at radius 1 is 1.12 bits per heavy atom. The summed E-state index contributed by atoms with van der Waals surface area (Å²) in [4.78, 5) is 16.5. The number of benzene rings is 2. The number of hydrogen-bond donors (Lipinski definition) is 1. The summed E-state index contributed by atoms with van der Waals surface area (Å²) in [5, 5.41) is 4.16. The molecule has 0 spiro atoms. The van der Waals surface area contributed by atoms with E-state index in [-0.39, 0.29) is 12.5 Å². The third-order valence-corrected chi connectivity index (χ3v) is 3.75. The van der Waals surface area contributed by atoms with Crippen LogP contribution in [0, 0.1) is 0 Å². The minimum atomic E-state index is -0.296. The molecule has 0 saturated carbocycles. The maximum Gasteiger partial charge on any atom is 0.262 e. The summed E-state index contributed by atoms with van der Waals surface area (Å²) < 4.78 is 10.7. The number of hydrogen-bond acceptors (Lipinski definition) is 4. The number of pyridine rings is 1. The van der Waals surface area contributed by atoms with Gasteiger partial charge in [0.1, 0.15) is 0 Å². The summed E-state index contributed by atoms with van der Waals surface area (Å²) >= 11 is 6.15. The Kier molecular flexibility index (Phi) is 4.82. The van der Waals surface area contributed by atoms with Crippen molar-refractivity contribution in [3.63, 3.8) is 0 Å². The van der Waals surface area contributed by atoms with Crippen molar-refractivity contribution in [2.75, 3.05) is 19.0 Å². The summed E-state index contributed by atoms with van der Waals surface area (Å²) in [6.45, 7) is -0.142. The number of para-hydroxylation sites is 2. The monoisotopic (exact) mass is 342 g/mol. The van der Waals surface area contributed by atoms with E-state index in [0.717, 1.165) is 5.39 Å². The molecule has 0 unspecified atom stereocenters. The summed E-state index contributed by atoms with van der Waals surface area (Å²) in [6.07, 6.45) is 1.65. The number of rotatable bonds is 5. The molecule has 122 valence electrons. The predicted molar refractivity (Wildman–Crippen MR) is 93.9 cm³/mol. The van der Waals surface area contributed by atoms with Gasteiger partial charge < -0.3 is 14.8 Å². The van der Waals surface area contributed by atoms with E-state index in [9.17, 15) is 4.79 Å². The SMILES string of the molecule is COc1ccccc1OCC(=O)Nc1ccc(Cl)c2cccnc12. The first-order valence-electron chi connectivity index (χ1n) is 7.28. The Bertz CT molecular complexity index is 883. The summed E-state index contributed by atoms with van der Waals surface area (Å²) in [6, 6.07) is 14.2. The smallest absolute Gasteiger partial charge is 0.262 e. The van der Waals surface area contributed by atoms with Gasteiger partial charge in [-0.05, 0) is 36.4 Å². The van der Waals surface area contributed by atoms with Gasteiger partial charge in [-0.3, -0.25) is 9.78 Å². The summed E-state index contributed by atoms with van der Waals surface area (Å²) in [5.41, 5.74) is 1.22. The second-order valence-corrected chi connectivity index (χ2v) is 5.39. The molecule has 1 amide bonds. The van der Waals surface area contributed by atoms with E-state index in [4.69, 9.17) is 21.1 Å². The van der Waals surface area contributed by atoms with E-state index in [1.807, 2.05) is 18.2 Å². The number of halogens is 1. The van der Waals surface area contributed by atoms with Crippen molar-refractivity contribution < 1.29 is 14.3 Å². The number of methoxy groups -OCH3 is 1. The molecule has 1 heterocycles. The van der Waals surface area contributed by atoms with Gasteiger partial charge >= 0.3 is 0 Å². The van der Waals surface area contributed by atoms with E-state index in [2.05, 4.69) is 10.3 Å². The molecular weight excluding hydrogens is 328 g/mol. The Morgan fingerprint density at radius 2 is 1.92 bits per heavy atom. The second kappa shape index (κ2) is 7.19. The number of carbonyl (C=O) groups is 1. The van der Waals surface area contributed by atoms with Gasteiger partial charge in [0.15, 0.2) is 18.1 Å². The largest absolute Gasteiger partial charge is 0.493 e. The van der Waals surface area contributed by atoms with Crippen LogP contribution in [-0.4, -0.2) is 24.6 Å². The number of anilines is 1. The molecule has 3 rings (SSSR count). The van der Waals surface area contributed by atoms with E-state index < -0.39 is 0 Å². The number of ether oxygens (including phenoxy) is 2. The quantitative estimate of drug-likeness (QED) is 0.763. The number of nitrogens with one attached hydrogen (secondary N) is 1. The number of amides is 1. The van der Waals surface area contributed by atoms with Gasteiger partial charge in [0.2, 0.25) is 0 Å². The van der Waals surface area contributed by atoms with Crippen LogP contribution in [0.4, 0.5) is 5.69 Å². The Balaban J connectivity index is 1.73. The van der Waals surface area contributed by atoms with Crippen LogP contribution in [-0.2, 0) is 4.79 Å². The lowest BCUT2D eigenvalue weighted by Crippen LogP contribution is -2.20. The van der Waals surface area contributed by atoms with Crippen LogP contribution in [0.25, 0.3) is 10.9 Å². The first-order chi connectivity index (χ1) is 11.7. The molecule has 0 atom stereocenters. The van der Waals surface area contributed by atoms with E-state index in [0.29, 0.717) is 27.7 Å². The Hall–Kier alpha value is -2.79. The van der Waals surface area contributed by atoms with E-state index in [1.165, 1.54) is 0 Å². The van der Waals surface area contributed by atoms with Crippen LogP contribution < -0.4 is 14.8 Å². The Morgan fingerprint density at radius 3 is 2.71 bits per heavy atom. The van der Waals surface area contributed by atoms with Gasteiger partial charge in [0.05, 0.1) is 23.3 Å². The molecule has 0 fully saturated rings. The molecule has 0 aliphatic heterocycles. The normalized spacial score (nSPS) is 10.4. The minimum absolute atomic E-state index is 0.142. The molecule has 1 N–H and O–H groups in total. The number of aromatic nitrogens is 1. The van der Waals surface area contributed by atoms with Crippen LogP contribution in [0.5, 0.6) is 11.5 Å². The standard InChI is InChI=1S/C18H15ClN2O3/c1-23-15-6-2-3-7-16(15)24-11-17(22)21-14-9-8-13(19)12-5-4-10-20-18(12)14/h2-10H,11H2,1H3,(H,21,22). The van der Waals surface area contributed by atoms with Gasteiger partial charge in [0.25, 0.3) is 5.91 Å². The molecule has 3 aromatic rings. The van der Waals surface area contributed by atoms with Crippen molar-refractivity contribution in [3.8, 4) is 11.5 Å². The lowest BCUT2D eigenvalue weighted by atomic mass is 10.2. The van der Waals surface area contributed by atoms with Crippen molar-refractivity contribution in [1.29, 1.82) is 0 Å². The highest BCUT2D eigenvalue weighted by Gasteiger charge is 2.11. The zero-order valence-electron chi connectivity index (χ0n) is 13.0. The van der Waals surface area contributed by atoms with Crippen LogP contribution in [0.1, 0.15) is 0 Å². The number of nitrogens with zero attached hydrogens (tertiary/aromatic N) is 1. The average molecular weight is 343 g/mol. The van der Waals surface area contributed by atoms with Crippen LogP contribution in [0.2, 0.25) is 5.02 Å². The van der Waals surface area contributed by atoms with Crippen LogP contribution >= 0.6 is 11.6 Å². The highest BCUT2D eigenvalue weighted by molar-refractivity contribution is 6.35. The average Bonchev–Trinajstić information content (AvgIpc) is 2.63. The Labute approximate surface area is 144 Å².